The molecule has 0 aliphatic carbocycles. The molecule has 4 aromatic rings. The number of aromatic nitrogens is 2. The van der Waals surface area contributed by atoms with Crippen LogP contribution in [0.4, 0.5) is 11.5 Å². The summed E-state index contributed by atoms with van der Waals surface area (Å²) in [6.45, 7) is 2.48. The van der Waals surface area contributed by atoms with Gasteiger partial charge in [-0.25, -0.2) is 14.8 Å². The summed E-state index contributed by atoms with van der Waals surface area (Å²) >= 11 is 1.63. The fraction of sp³-hybridized carbons (Fsp3) is 0.167. The van der Waals surface area contributed by atoms with Crippen LogP contribution in [0, 0.1) is 6.92 Å². The van der Waals surface area contributed by atoms with E-state index in [-0.39, 0.29) is 12.3 Å². The number of methoxy groups -OCH3 is 1. The summed E-state index contributed by atoms with van der Waals surface area (Å²) in [6, 6.07) is 16.8. The van der Waals surface area contributed by atoms with E-state index in [0.29, 0.717) is 23.6 Å². The van der Waals surface area contributed by atoms with E-state index in [9.17, 15) is 9.59 Å². The maximum absolute atomic E-state index is 12.4. The standard InChI is InChI=1S/C24H22N4O3S/c1-15-20(16-7-4-3-5-8-16)21-22(26-14-27-23(21)32-15)25-12-11-19(29)28-18-10-6-9-17(13-18)24(30)31-2/h3-10,13-14H,11-12H2,1-2H3,(H,28,29)(H,25,26,27). The summed E-state index contributed by atoms with van der Waals surface area (Å²) in [5, 5.41) is 7.06. The molecule has 0 aliphatic heterocycles. The third kappa shape index (κ3) is 4.60. The molecule has 0 bridgehead atoms. The van der Waals surface area contributed by atoms with E-state index in [1.54, 1.807) is 35.6 Å². The van der Waals surface area contributed by atoms with E-state index >= 15 is 0 Å². The Balaban J connectivity index is 1.46. The van der Waals surface area contributed by atoms with E-state index in [4.69, 9.17) is 4.74 Å². The minimum Gasteiger partial charge on any atom is -0.465 e. The van der Waals surface area contributed by atoms with Crippen LogP contribution in [0.25, 0.3) is 21.3 Å². The van der Waals surface area contributed by atoms with Crippen molar-refractivity contribution < 1.29 is 14.3 Å². The molecule has 0 radical (unpaired) electrons. The van der Waals surface area contributed by atoms with Gasteiger partial charge in [0.25, 0.3) is 0 Å². The average molecular weight is 447 g/mol. The van der Waals surface area contributed by atoms with Gasteiger partial charge in [-0.1, -0.05) is 36.4 Å². The third-order valence-electron chi connectivity index (χ3n) is 4.94. The van der Waals surface area contributed by atoms with Crippen LogP contribution >= 0.6 is 11.3 Å². The van der Waals surface area contributed by atoms with Crippen molar-refractivity contribution in [2.45, 2.75) is 13.3 Å². The van der Waals surface area contributed by atoms with Crippen molar-refractivity contribution in [1.29, 1.82) is 0 Å². The number of carbonyl (C=O) groups excluding carboxylic acids is 2. The molecule has 0 atom stereocenters. The Kier molecular flexibility index (Phi) is 6.42. The number of carbonyl (C=O) groups is 2. The van der Waals surface area contributed by atoms with Gasteiger partial charge in [0.15, 0.2) is 0 Å². The minimum atomic E-state index is -0.448. The number of fused-ring (bicyclic) bond motifs is 1. The number of amides is 1. The van der Waals surface area contributed by atoms with Crippen LogP contribution in [0.2, 0.25) is 0 Å². The van der Waals surface area contributed by atoms with Crippen molar-refractivity contribution in [2.24, 2.45) is 0 Å². The molecule has 0 aliphatic rings. The molecular weight excluding hydrogens is 424 g/mol. The zero-order valence-corrected chi connectivity index (χ0v) is 18.5. The minimum absolute atomic E-state index is 0.172. The Hall–Kier alpha value is -3.78. The SMILES string of the molecule is COC(=O)c1cccc(NC(=O)CCNc2ncnc3sc(C)c(-c4ccccc4)c23)c1. The van der Waals surface area contributed by atoms with Crippen molar-refractivity contribution >= 4 is 44.9 Å². The number of hydrogen-bond acceptors (Lipinski definition) is 7. The van der Waals surface area contributed by atoms with E-state index in [2.05, 4.69) is 39.7 Å². The molecule has 2 N–H and O–H groups in total. The summed E-state index contributed by atoms with van der Waals surface area (Å²) in [6.07, 6.45) is 1.77. The second-order valence-corrected chi connectivity index (χ2v) is 8.30. The van der Waals surface area contributed by atoms with Crippen molar-refractivity contribution in [3.8, 4) is 11.1 Å². The van der Waals surface area contributed by atoms with E-state index in [1.807, 2.05) is 18.2 Å². The third-order valence-corrected chi connectivity index (χ3v) is 5.95. The predicted molar refractivity (Wildman–Crippen MR) is 127 cm³/mol. The lowest BCUT2D eigenvalue weighted by atomic mass is 10.0. The molecule has 2 aromatic carbocycles. The maximum Gasteiger partial charge on any atom is 0.337 e. The van der Waals surface area contributed by atoms with Crippen LogP contribution in [0.5, 0.6) is 0 Å². The lowest BCUT2D eigenvalue weighted by molar-refractivity contribution is -0.115. The summed E-state index contributed by atoms with van der Waals surface area (Å²) < 4.78 is 4.72. The zero-order valence-electron chi connectivity index (χ0n) is 17.7. The van der Waals surface area contributed by atoms with Gasteiger partial charge in [-0.2, -0.15) is 0 Å². The van der Waals surface area contributed by atoms with Gasteiger partial charge in [0, 0.05) is 29.1 Å². The molecule has 2 heterocycles. The van der Waals surface area contributed by atoms with Gasteiger partial charge in [0.05, 0.1) is 18.1 Å². The topological polar surface area (TPSA) is 93.2 Å². The number of hydrogen-bond donors (Lipinski definition) is 2. The molecule has 7 nitrogen and oxygen atoms in total. The summed E-state index contributed by atoms with van der Waals surface area (Å²) in [4.78, 5) is 35.0. The Morgan fingerprint density at radius 3 is 2.66 bits per heavy atom. The van der Waals surface area contributed by atoms with Crippen LogP contribution in [0.3, 0.4) is 0 Å². The van der Waals surface area contributed by atoms with E-state index in [0.717, 1.165) is 26.2 Å². The molecule has 2 aromatic heterocycles. The quantitative estimate of drug-likeness (QED) is 0.393. The largest absolute Gasteiger partial charge is 0.465 e. The summed E-state index contributed by atoms with van der Waals surface area (Å²) in [5.74, 6) is 0.0871. The van der Waals surface area contributed by atoms with Gasteiger partial charge >= 0.3 is 5.97 Å². The molecule has 4 rings (SSSR count). The van der Waals surface area contributed by atoms with Crippen molar-refractivity contribution in [3.63, 3.8) is 0 Å². The normalized spacial score (nSPS) is 10.7. The second kappa shape index (κ2) is 9.57. The highest BCUT2D eigenvalue weighted by Crippen LogP contribution is 2.40. The van der Waals surface area contributed by atoms with Gasteiger partial charge in [-0.15, -0.1) is 11.3 Å². The van der Waals surface area contributed by atoms with Gasteiger partial charge < -0.3 is 15.4 Å². The van der Waals surface area contributed by atoms with Crippen molar-refractivity contribution in [2.75, 3.05) is 24.3 Å². The number of nitrogens with one attached hydrogen (secondary N) is 2. The lowest BCUT2D eigenvalue weighted by Crippen LogP contribution is -2.17. The first-order valence-electron chi connectivity index (χ1n) is 10.1. The van der Waals surface area contributed by atoms with Gasteiger partial charge in [-0.05, 0) is 30.7 Å². The van der Waals surface area contributed by atoms with Gasteiger partial charge in [0.2, 0.25) is 5.91 Å². The molecule has 0 fully saturated rings. The zero-order chi connectivity index (χ0) is 22.5. The highest BCUT2D eigenvalue weighted by Gasteiger charge is 2.16. The number of esters is 1. The number of nitrogens with zero attached hydrogens (tertiary/aromatic N) is 2. The number of rotatable bonds is 7. The van der Waals surface area contributed by atoms with E-state index in [1.165, 1.54) is 13.4 Å². The summed E-state index contributed by atoms with van der Waals surface area (Å²) in [5.41, 5.74) is 3.14. The van der Waals surface area contributed by atoms with Crippen molar-refractivity contribution in [1.82, 2.24) is 9.97 Å². The smallest absolute Gasteiger partial charge is 0.337 e. The first-order chi connectivity index (χ1) is 15.6. The number of aryl methyl sites for hydroxylation is 1. The highest BCUT2D eigenvalue weighted by atomic mass is 32.1. The Labute approximate surface area is 189 Å². The highest BCUT2D eigenvalue weighted by molar-refractivity contribution is 7.19. The number of anilines is 2. The average Bonchev–Trinajstić information content (AvgIpc) is 3.15. The molecule has 1 amide bonds. The maximum atomic E-state index is 12.4. The number of thiophene rings is 1. The lowest BCUT2D eigenvalue weighted by Gasteiger charge is -2.10. The van der Waals surface area contributed by atoms with Crippen LogP contribution < -0.4 is 10.6 Å². The molecule has 162 valence electrons. The molecule has 8 heteroatoms. The fourth-order valence-electron chi connectivity index (χ4n) is 3.49. The molecule has 0 saturated carbocycles. The monoisotopic (exact) mass is 446 g/mol. The molecular formula is C24H22N4O3S. The van der Waals surface area contributed by atoms with Crippen LogP contribution in [-0.2, 0) is 9.53 Å². The Morgan fingerprint density at radius 1 is 1.06 bits per heavy atom. The van der Waals surface area contributed by atoms with Crippen molar-refractivity contribution in [3.05, 3.63) is 71.4 Å². The first kappa shape index (κ1) is 21.5. The molecule has 32 heavy (non-hydrogen) atoms. The number of benzene rings is 2. The molecule has 0 saturated heterocycles. The molecule has 0 spiro atoms. The Bertz CT molecular complexity index is 1270. The van der Waals surface area contributed by atoms with Crippen LogP contribution in [0.15, 0.2) is 60.9 Å². The Morgan fingerprint density at radius 2 is 1.88 bits per heavy atom. The summed E-state index contributed by atoms with van der Waals surface area (Å²) in [7, 11) is 1.32. The molecule has 0 unspecified atom stereocenters. The number of ether oxygens (including phenoxy) is 1. The second-order valence-electron chi connectivity index (χ2n) is 7.10. The van der Waals surface area contributed by atoms with Crippen LogP contribution in [-0.4, -0.2) is 35.5 Å². The predicted octanol–water partition coefficient (Wildman–Crippen LogP) is 4.89. The van der Waals surface area contributed by atoms with E-state index < -0.39 is 5.97 Å². The fourth-order valence-corrected chi connectivity index (χ4v) is 4.50. The van der Waals surface area contributed by atoms with Gasteiger partial charge in [-0.3, -0.25) is 4.79 Å². The van der Waals surface area contributed by atoms with Crippen LogP contribution in [0.1, 0.15) is 21.7 Å². The first-order valence-corrected chi connectivity index (χ1v) is 10.9. The van der Waals surface area contributed by atoms with Gasteiger partial charge in [0.1, 0.15) is 17.0 Å².